The molecular formula is C27H29NO2S. The molecule has 1 aromatic heterocycles. The standard InChI is InChI=1S/C27H29NO2S/c29-27(28-13-11-21(12-14-28)15-20-5-2-1-3-6-20)26-16-22(19-31-26)18-30-25-10-9-23-7-4-8-24(23)17-25/h1-3,5-6,9-10,16-17,19,21H,4,7-8,11-15,18H2. The molecular weight excluding hydrogens is 402 g/mol. The maximum absolute atomic E-state index is 13.0. The topological polar surface area (TPSA) is 29.5 Å². The second-order valence-electron chi connectivity index (χ2n) is 8.82. The maximum Gasteiger partial charge on any atom is 0.263 e. The maximum atomic E-state index is 13.0. The molecule has 0 spiro atoms. The van der Waals surface area contributed by atoms with Crippen molar-refractivity contribution in [2.75, 3.05) is 13.1 Å². The average Bonchev–Trinajstić information content (AvgIpc) is 3.48. The van der Waals surface area contributed by atoms with E-state index in [1.807, 2.05) is 11.0 Å². The van der Waals surface area contributed by atoms with E-state index < -0.39 is 0 Å². The molecule has 2 heterocycles. The number of ether oxygens (including phenoxy) is 1. The predicted octanol–water partition coefficient (Wildman–Crippen LogP) is 5.91. The minimum Gasteiger partial charge on any atom is -0.489 e. The zero-order chi connectivity index (χ0) is 21.0. The highest BCUT2D eigenvalue weighted by atomic mass is 32.1. The van der Waals surface area contributed by atoms with E-state index >= 15 is 0 Å². The third-order valence-electron chi connectivity index (χ3n) is 6.61. The SMILES string of the molecule is O=C(c1cc(COc2ccc3c(c2)CCC3)cs1)N1CCC(Cc2ccccc2)CC1. The fourth-order valence-corrected chi connectivity index (χ4v) is 5.68. The molecule has 1 amide bonds. The van der Waals surface area contributed by atoms with Gasteiger partial charge in [0.15, 0.2) is 0 Å². The van der Waals surface area contributed by atoms with Crippen molar-refractivity contribution in [1.82, 2.24) is 4.90 Å². The summed E-state index contributed by atoms with van der Waals surface area (Å²) in [6.45, 7) is 2.23. The first-order valence-electron chi connectivity index (χ1n) is 11.4. The van der Waals surface area contributed by atoms with Crippen LogP contribution < -0.4 is 4.74 Å². The minimum atomic E-state index is 0.173. The molecule has 3 nitrogen and oxygen atoms in total. The van der Waals surface area contributed by atoms with Gasteiger partial charge in [-0.2, -0.15) is 0 Å². The van der Waals surface area contributed by atoms with Crippen LogP contribution in [0, 0.1) is 5.92 Å². The van der Waals surface area contributed by atoms with Crippen LogP contribution in [0.25, 0.3) is 0 Å². The molecule has 0 saturated carbocycles. The van der Waals surface area contributed by atoms with E-state index in [9.17, 15) is 4.79 Å². The number of amides is 1. The molecule has 1 aliphatic carbocycles. The number of fused-ring (bicyclic) bond motifs is 1. The van der Waals surface area contributed by atoms with Crippen LogP contribution in [0.5, 0.6) is 5.75 Å². The lowest BCUT2D eigenvalue weighted by molar-refractivity contribution is 0.0695. The van der Waals surface area contributed by atoms with Crippen LogP contribution in [0.1, 0.15) is 51.2 Å². The van der Waals surface area contributed by atoms with Gasteiger partial charge in [-0.15, -0.1) is 11.3 Å². The van der Waals surface area contributed by atoms with Gasteiger partial charge in [-0.25, -0.2) is 0 Å². The number of nitrogens with zero attached hydrogens (tertiary/aromatic N) is 1. The van der Waals surface area contributed by atoms with Crippen molar-refractivity contribution in [3.8, 4) is 5.75 Å². The summed E-state index contributed by atoms with van der Waals surface area (Å²) >= 11 is 1.54. The van der Waals surface area contributed by atoms with Crippen LogP contribution >= 0.6 is 11.3 Å². The van der Waals surface area contributed by atoms with Crippen molar-refractivity contribution < 1.29 is 9.53 Å². The predicted molar refractivity (Wildman–Crippen MR) is 126 cm³/mol. The third-order valence-corrected chi connectivity index (χ3v) is 7.58. The van der Waals surface area contributed by atoms with Crippen LogP contribution in [0.4, 0.5) is 0 Å². The number of carbonyl (C=O) groups excluding carboxylic acids is 1. The van der Waals surface area contributed by atoms with Crippen LogP contribution in [0.3, 0.4) is 0 Å². The van der Waals surface area contributed by atoms with E-state index in [-0.39, 0.29) is 5.91 Å². The second kappa shape index (κ2) is 9.27. The third kappa shape index (κ3) is 4.85. The molecule has 0 bridgehead atoms. The molecule has 0 atom stereocenters. The fraction of sp³-hybridized carbons (Fsp3) is 0.370. The Hall–Kier alpha value is -2.59. The Morgan fingerprint density at radius 2 is 1.77 bits per heavy atom. The number of aryl methyl sites for hydroxylation is 2. The number of likely N-dealkylation sites (tertiary alicyclic amines) is 1. The van der Waals surface area contributed by atoms with Crippen molar-refractivity contribution in [3.05, 3.63) is 87.1 Å². The Morgan fingerprint density at radius 3 is 2.61 bits per heavy atom. The number of hydrogen-bond acceptors (Lipinski definition) is 3. The van der Waals surface area contributed by atoms with Crippen molar-refractivity contribution in [1.29, 1.82) is 0 Å². The van der Waals surface area contributed by atoms with Crippen LogP contribution in [0.15, 0.2) is 60.0 Å². The monoisotopic (exact) mass is 431 g/mol. The van der Waals surface area contributed by atoms with E-state index in [4.69, 9.17) is 4.74 Å². The van der Waals surface area contributed by atoms with Gasteiger partial charge in [-0.05, 0) is 84.7 Å². The minimum absolute atomic E-state index is 0.173. The van der Waals surface area contributed by atoms with Crippen molar-refractivity contribution in [2.24, 2.45) is 5.92 Å². The van der Waals surface area contributed by atoms with Gasteiger partial charge < -0.3 is 9.64 Å². The Labute approximate surface area is 188 Å². The first-order chi connectivity index (χ1) is 15.2. The first-order valence-corrected chi connectivity index (χ1v) is 12.3. The Morgan fingerprint density at radius 1 is 0.968 bits per heavy atom. The van der Waals surface area contributed by atoms with Gasteiger partial charge in [-0.3, -0.25) is 4.79 Å². The lowest BCUT2D eigenvalue weighted by Crippen LogP contribution is -2.38. The number of rotatable bonds is 6. The summed E-state index contributed by atoms with van der Waals surface area (Å²) in [5, 5.41) is 2.06. The number of benzene rings is 2. The summed E-state index contributed by atoms with van der Waals surface area (Å²) in [5.74, 6) is 1.78. The summed E-state index contributed by atoms with van der Waals surface area (Å²) < 4.78 is 6.01. The quantitative estimate of drug-likeness (QED) is 0.485. The van der Waals surface area contributed by atoms with Gasteiger partial charge in [0.1, 0.15) is 12.4 Å². The highest BCUT2D eigenvalue weighted by molar-refractivity contribution is 7.12. The molecule has 1 fully saturated rings. The molecule has 5 rings (SSSR count). The van der Waals surface area contributed by atoms with Crippen LogP contribution in [0.2, 0.25) is 0 Å². The molecule has 1 aliphatic heterocycles. The summed E-state index contributed by atoms with van der Waals surface area (Å²) in [5.41, 5.74) is 5.36. The highest BCUT2D eigenvalue weighted by Gasteiger charge is 2.24. The number of hydrogen-bond donors (Lipinski definition) is 0. The molecule has 2 aliphatic rings. The zero-order valence-corrected chi connectivity index (χ0v) is 18.7. The van der Waals surface area contributed by atoms with E-state index in [1.165, 1.54) is 40.9 Å². The lowest BCUT2D eigenvalue weighted by atomic mass is 9.90. The molecule has 2 aromatic carbocycles. The van der Waals surface area contributed by atoms with Gasteiger partial charge in [-0.1, -0.05) is 36.4 Å². The highest BCUT2D eigenvalue weighted by Crippen LogP contribution is 2.28. The molecule has 31 heavy (non-hydrogen) atoms. The van der Waals surface area contributed by atoms with Gasteiger partial charge in [0.25, 0.3) is 5.91 Å². The normalized spacial score (nSPS) is 16.3. The van der Waals surface area contributed by atoms with Gasteiger partial charge in [0, 0.05) is 18.7 Å². The van der Waals surface area contributed by atoms with Crippen LogP contribution in [-0.4, -0.2) is 23.9 Å². The smallest absolute Gasteiger partial charge is 0.263 e. The van der Waals surface area contributed by atoms with Gasteiger partial charge >= 0.3 is 0 Å². The van der Waals surface area contributed by atoms with Crippen molar-refractivity contribution in [2.45, 2.75) is 45.1 Å². The number of thiophene rings is 1. The van der Waals surface area contributed by atoms with Crippen molar-refractivity contribution >= 4 is 17.2 Å². The summed E-state index contributed by atoms with van der Waals surface area (Å²) in [6, 6.07) is 19.1. The van der Waals surface area contributed by atoms with E-state index in [0.29, 0.717) is 12.5 Å². The molecule has 0 N–H and O–H groups in total. The average molecular weight is 432 g/mol. The first kappa shape index (κ1) is 20.3. The Bertz CT molecular complexity index is 1030. The number of piperidine rings is 1. The molecule has 4 heteroatoms. The Balaban J connectivity index is 1.12. The number of carbonyl (C=O) groups is 1. The summed E-state index contributed by atoms with van der Waals surface area (Å²) in [4.78, 5) is 15.8. The van der Waals surface area contributed by atoms with E-state index in [1.54, 1.807) is 0 Å². The second-order valence-corrected chi connectivity index (χ2v) is 9.73. The van der Waals surface area contributed by atoms with E-state index in [0.717, 1.165) is 55.0 Å². The van der Waals surface area contributed by atoms with Crippen molar-refractivity contribution in [3.63, 3.8) is 0 Å². The van der Waals surface area contributed by atoms with Gasteiger partial charge in [0.2, 0.25) is 0 Å². The van der Waals surface area contributed by atoms with Gasteiger partial charge in [0.05, 0.1) is 4.88 Å². The zero-order valence-electron chi connectivity index (χ0n) is 17.9. The van der Waals surface area contributed by atoms with Crippen LogP contribution in [-0.2, 0) is 25.9 Å². The summed E-state index contributed by atoms with van der Waals surface area (Å²) in [6.07, 6.45) is 6.88. The Kier molecular flexibility index (Phi) is 6.08. The molecule has 3 aromatic rings. The molecule has 1 saturated heterocycles. The fourth-order valence-electron chi connectivity index (χ4n) is 4.81. The summed E-state index contributed by atoms with van der Waals surface area (Å²) in [7, 11) is 0. The lowest BCUT2D eigenvalue weighted by Gasteiger charge is -2.31. The molecule has 0 unspecified atom stereocenters. The van der Waals surface area contributed by atoms with E-state index in [2.05, 4.69) is 53.9 Å². The molecule has 160 valence electrons. The molecule has 0 radical (unpaired) electrons. The largest absolute Gasteiger partial charge is 0.489 e.